The van der Waals surface area contributed by atoms with Gasteiger partial charge in [-0.2, -0.15) is 0 Å². The first-order chi connectivity index (χ1) is 12.0. The van der Waals surface area contributed by atoms with Crippen molar-refractivity contribution in [2.75, 3.05) is 13.2 Å². The van der Waals surface area contributed by atoms with E-state index in [4.69, 9.17) is 9.47 Å². The summed E-state index contributed by atoms with van der Waals surface area (Å²) in [5.74, 6) is -0.0256. The predicted octanol–water partition coefficient (Wildman–Crippen LogP) is 2.66. The van der Waals surface area contributed by atoms with Gasteiger partial charge in [-0.05, 0) is 37.6 Å². The molecule has 2 aromatic rings. The van der Waals surface area contributed by atoms with E-state index in [1.165, 1.54) is 0 Å². The number of benzene rings is 2. The van der Waals surface area contributed by atoms with Gasteiger partial charge in [-0.1, -0.05) is 35.9 Å². The van der Waals surface area contributed by atoms with Gasteiger partial charge in [0.05, 0.1) is 12.1 Å². The van der Waals surface area contributed by atoms with Gasteiger partial charge in [0.1, 0.15) is 12.4 Å². The van der Waals surface area contributed by atoms with Crippen LogP contribution in [0, 0.1) is 6.92 Å². The number of carbonyl (C=O) groups is 2. The Labute approximate surface area is 147 Å². The van der Waals surface area contributed by atoms with E-state index in [0.717, 1.165) is 16.9 Å². The maximum atomic E-state index is 12.5. The summed E-state index contributed by atoms with van der Waals surface area (Å²) in [7, 11) is 0. The van der Waals surface area contributed by atoms with Crippen LogP contribution in [0.15, 0.2) is 48.5 Å². The third-order valence-electron chi connectivity index (χ3n) is 4.24. The molecule has 1 N–H and O–H groups in total. The molecule has 3 rings (SSSR count). The van der Waals surface area contributed by atoms with Gasteiger partial charge >= 0.3 is 5.97 Å². The number of fused-ring (bicyclic) bond motifs is 1. The third kappa shape index (κ3) is 3.82. The van der Waals surface area contributed by atoms with Crippen molar-refractivity contribution in [2.45, 2.75) is 25.9 Å². The van der Waals surface area contributed by atoms with E-state index in [2.05, 4.69) is 5.32 Å². The lowest BCUT2D eigenvalue weighted by atomic mass is 9.89. The molecule has 1 aliphatic heterocycles. The number of rotatable bonds is 5. The summed E-state index contributed by atoms with van der Waals surface area (Å²) in [6, 6.07) is 14.9. The number of ether oxygens (including phenoxy) is 2. The molecule has 0 fully saturated rings. The Bertz CT molecular complexity index is 785. The Balaban J connectivity index is 1.54. The van der Waals surface area contributed by atoms with Crippen LogP contribution >= 0.6 is 0 Å². The fourth-order valence-corrected chi connectivity index (χ4v) is 2.81. The van der Waals surface area contributed by atoms with Gasteiger partial charge in [0.25, 0.3) is 5.91 Å². The van der Waals surface area contributed by atoms with Crippen LogP contribution in [0.1, 0.15) is 28.4 Å². The van der Waals surface area contributed by atoms with Crippen LogP contribution < -0.4 is 10.1 Å². The first-order valence-electron chi connectivity index (χ1n) is 8.27. The zero-order valence-corrected chi connectivity index (χ0v) is 14.4. The molecule has 1 unspecified atom stereocenters. The Kier molecular flexibility index (Phi) is 4.74. The van der Waals surface area contributed by atoms with E-state index in [0.29, 0.717) is 25.1 Å². The molecule has 0 bridgehead atoms. The van der Waals surface area contributed by atoms with E-state index in [9.17, 15) is 9.59 Å². The molecule has 5 nitrogen and oxygen atoms in total. The summed E-state index contributed by atoms with van der Waals surface area (Å²) >= 11 is 0. The molecule has 5 heteroatoms. The Morgan fingerprint density at radius 3 is 2.68 bits per heavy atom. The molecule has 0 aliphatic carbocycles. The highest BCUT2D eigenvalue weighted by Crippen LogP contribution is 2.28. The normalized spacial score (nSPS) is 18.9. The SMILES string of the molecule is Cc1ccc(OCCNC(=O)C2(C)Cc3ccccc3C(=O)O2)cc1. The van der Waals surface area contributed by atoms with Gasteiger partial charge in [-0.25, -0.2) is 4.79 Å². The topological polar surface area (TPSA) is 64.6 Å². The first-order valence-corrected chi connectivity index (χ1v) is 8.27. The molecule has 25 heavy (non-hydrogen) atoms. The maximum absolute atomic E-state index is 12.5. The van der Waals surface area contributed by atoms with Crippen molar-refractivity contribution in [3.8, 4) is 5.75 Å². The van der Waals surface area contributed by atoms with Crippen LogP contribution in [0.25, 0.3) is 0 Å². The van der Waals surface area contributed by atoms with Crippen LogP contribution in [0.4, 0.5) is 0 Å². The highest BCUT2D eigenvalue weighted by Gasteiger charge is 2.42. The van der Waals surface area contributed by atoms with E-state index >= 15 is 0 Å². The van der Waals surface area contributed by atoms with Crippen molar-refractivity contribution in [3.05, 3.63) is 65.2 Å². The average Bonchev–Trinajstić information content (AvgIpc) is 2.60. The van der Waals surface area contributed by atoms with Crippen LogP contribution in [-0.2, 0) is 16.0 Å². The Morgan fingerprint density at radius 2 is 1.92 bits per heavy atom. The average molecular weight is 339 g/mol. The maximum Gasteiger partial charge on any atom is 0.339 e. The minimum Gasteiger partial charge on any atom is -0.492 e. The number of esters is 1. The molecular weight excluding hydrogens is 318 g/mol. The van der Waals surface area contributed by atoms with Crippen LogP contribution in [-0.4, -0.2) is 30.6 Å². The van der Waals surface area contributed by atoms with Gasteiger partial charge in [-0.15, -0.1) is 0 Å². The molecule has 0 radical (unpaired) electrons. The van der Waals surface area contributed by atoms with Crippen LogP contribution in [0.5, 0.6) is 5.75 Å². The molecule has 0 spiro atoms. The fraction of sp³-hybridized carbons (Fsp3) is 0.300. The Morgan fingerprint density at radius 1 is 1.20 bits per heavy atom. The molecule has 0 saturated heterocycles. The lowest BCUT2D eigenvalue weighted by Crippen LogP contribution is -2.52. The van der Waals surface area contributed by atoms with Crippen molar-refractivity contribution in [1.29, 1.82) is 0 Å². The number of cyclic esters (lactones) is 1. The lowest BCUT2D eigenvalue weighted by Gasteiger charge is -2.33. The van der Waals surface area contributed by atoms with Crippen LogP contribution in [0.3, 0.4) is 0 Å². The molecule has 1 aliphatic rings. The van der Waals surface area contributed by atoms with E-state index in [-0.39, 0.29) is 5.91 Å². The van der Waals surface area contributed by atoms with Gasteiger partial charge in [0.2, 0.25) is 0 Å². The second kappa shape index (κ2) is 6.97. The molecule has 1 atom stereocenters. The zero-order valence-electron chi connectivity index (χ0n) is 14.4. The second-order valence-corrected chi connectivity index (χ2v) is 6.37. The monoisotopic (exact) mass is 339 g/mol. The lowest BCUT2D eigenvalue weighted by molar-refractivity contribution is -0.139. The summed E-state index contributed by atoms with van der Waals surface area (Å²) in [5, 5.41) is 2.78. The summed E-state index contributed by atoms with van der Waals surface area (Å²) in [5.41, 5.74) is 1.31. The smallest absolute Gasteiger partial charge is 0.339 e. The molecule has 1 amide bonds. The van der Waals surface area contributed by atoms with Crippen LogP contribution in [0.2, 0.25) is 0 Å². The summed E-state index contributed by atoms with van der Waals surface area (Å²) in [6.45, 7) is 4.32. The number of carbonyl (C=O) groups excluding carboxylic acids is 2. The fourth-order valence-electron chi connectivity index (χ4n) is 2.81. The number of hydrogen-bond donors (Lipinski definition) is 1. The predicted molar refractivity (Wildman–Crippen MR) is 93.7 cm³/mol. The number of aryl methyl sites for hydroxylation is 1. The largest absolute Gasteiger partial charge is 0.492 e. The number of amides is 1. The standard InChI is InChI=1S/C20H21NO4/c1-14-7-9-16(10-8-14)24-12-11-21-19(23)20(2)13-15-5-3-4-6-17(15)18(22)25-20/h3-10H,11-13H2,1-2H3,(H,21,23). The highest BCUT2D eigenvalue weighted by atomic mass is 16.6. The highest BCUT2D eigenvalue weighted by molar-refractivity contribution is 5.97. The minimum absolute atomic E-state index is 0.317. The minimum atomic E-state index is -1.20. The molecule has 130 valence electrons. The van der Waals surface area contributed by atoms with Gasteiger partial charge in [-0.3, -0.25) is 4.79 Å². The first kappa shape index (κ1) is 17.0. The molecule has 2 aromatic carbocycles. The van der Waals surface area contributed by atoms with Crippen molar-refractivity contribution >= 4 is 11.9 Å². The molecular formula is C20H21NO4. The van der Waals surface area contributed by atoms with Crippen molar-refractivity contribution in [3.63, 3.8) is 0 Å². The van der Waals surface area contributed by atoms with E-state index in [1.807, 2.05) is 43.3 Å². The van der Waals surface area contributed by atoms with Gasteiger partial charge < -0.3 is 14.8 Å². The van der Waals surface area contributed by atoms with Gasteiger partial charge in [0.15, 0.2) is 5.60 Å². The molecule has 0 aromatic heterocycles. The zero-order chi connectivity index (χ0) is 17.9. The van der Waals surface area contributed by atoms with Crippen molar-refractivity contribution in [1.82, 2.24) is 5.32 Å². The molecule has 1 heterocycles. The number of nitrogens with one attached hydrogen (secondary N) is 1. The summed E-state index contributed by atoms with van der Waals surface area (Å²) in [6.07, 6.45) is 0.361. The Hall–Kier alpha value is -2.82. The van der Waals surface area contributed by atoms with Gasteiger partial charge in [0, 0.05) is 6.42 Å². The number of hydrogen-bond acceptors (Lipinski definition) is 4. The molecule has 0 saturated carbocycles. The van der Waals surface area contributed by atoms with Crippen molar-refractivity contribution < 1.29 is 19.1 Å². The summed E-state index contributed by atoms with van der Waals surface area (Å²) in [4.78, 5) is 24.6. The van der Waals surface area contributed by atoms with E-state index < -0.39 is 11.6 Å². The summed E-state index contributed by atoms with van der Waals surface area (Å²) < 4.78 is 11.0. The van der Waals surface area contributed by atoms with Crippen molar-refractivity contribution in [2.24, 2.45) is 0 Å². The third-order valence-corrected chi connectivity index (χ3v) is 4.24. The quantitative estimate of drug-likeness (QED) is 0.672. The second-order valence-electron chi connectivity index (χ2n) is 6.37. The van der Waals surface area contributed by atoms with E-state index in [1.54, 1.807) is 19.1 Å².